The van der Waals surface area contributed by atoms with E-state index in [4.69, 9.17) is 4.74 Å². The van der Waals surface area contributed by atoms with Gasteiger partial charge in [0.2, 0.25) is 0 Å². The number of ether oxygens (including phenoxy) is 1. The predicted octanol–water partition coefficient (Wildman–Crippen LogP) is 1.42. The van der Waals surface area contributed by atoms with E-state index >= 15 is 0 Å². The molecular formula is C9H10OW. The Balaban J connectivity index is 2.49. The van der Waals surface area contributed by atoms with Gasteiger partial charge in [-0.1, -0.05) is 0 Å². The Morgan fingerprint density at radius 2 is 2.55 bits per heavy atom. The van der Waals surface area contributed by atoms with Crippen molar-refractivity contribution in [2.75, 3.05) is 7.11 Å². The minimum atomic E-state index is 0.873. The first-order valence-corrected chi connectivity index (χ1v) is 5.08. The molecule has 1 nitrogen and oxygen atoms in total. The van der Waals surface area contributed by atoms with Gasteiger partial charge in [-0.3, -0.25) is 0 Å². The first-order chi connectivity index (χ1) is 5.33. The van der Waals surface area contributed by atoms with Crippen molar-refractivity contribution in [3.8, 4) is 11.8 Å². The van der Waals surface area contributed by atoms with Crippen LogP contribution < -0.4 is 0 Å². The molecule has 11 heavy (non-hydrogen) atoms. The molecule has 0 unspecified atom stereocenters. The topological polar surface area (TPSA) is 9.23 Å². The van der Waals surface area contributed by atoms with Gasteiger partial charge in [0.15, 0.2) is 0 Å². The van der Waals surface area contributed by atoms with Gasteiger partial charge in [0.25, 0.3) is 0 Å². The first-order valence-electron chi connectivity index (χ1n) is 3.62. The van der Waals surface area contributed by atoms with E-state index in [1.165, 1.54) is 37.8 Å². The maximum absolute atomic E-state index is 4.96. The molecule has 1 aliphatic rings. The maximum atomic E-state index is 4.96. The zero-order chi connectivity index (χ0) is 8.10. The summed E-state index contributed by atoms with van der Waals surface area (Å²) >= 11 is 1.30. The average Bonchev–Trinajstić information content (AvgIpc) is 2.52. The normalized spacial score (nSPS) is 15.2. The Labute approximate surface area is 78.2 Å². The quantitative estimate of drug-likeness (QED) is 0.665. The van der Waals surface area contributed by atoms with Crippen molar-refractivity contribution in [1.82, 2.24) is 0 Å². The van der Waals surface area contributed by atoms with Gasteiger partial charge in [-0.2, -0.15) is 0 Å². The predicted molar refractivity (Wildman–Crippen MR) is 41.7 cm³/mol. The van der Waals surface area contributed by atoms with Gasteiger partial charge in [0.05, 0.1) is 0 Å². The van der Waals surface area contributed by atoms with Crippen LogP contribution in [0.2, 0.25) is 0 Å². The third-order valence-electron chi connectivity index (χ3n) is 1.55. The Morgan fingerprint density at radius 1 is 1.73 bits per heavy atom. The molecule has 0 aromatic carbocycles. The second kappa shape index (κ2) is 4.65. The summed E-state index contributed by atoms with van der Waals surface area (Å²) in [5.41, 5.74) is 1.28. The van der Waals surface area contributed by atoms with Crippen LogP contribution in [0.1, 0.15) is 19.3 Å². The number of hydrogen-bond donors (Lipinski definition) is 0. The fraction of sp³-hybridized carbons (Fsp3) is 0.444. The Hall–Kier alpha value is -0.182. The number of methoxy groups -OCH3 is 1. The van der Waals surface area contributed by atoms with E-state index in [9.17, 15) is 0 Å². The van der Waals surface area contributed by atoms with E-state index in [0.717, 1.165) is 10.5 Å². The molecule has 0 saturated carbocycles. The third-order valence-corrected chi connectivity index (χ3v) is 2.52. The van der Waals surface area contributed by atoms with Crippen molar-refractivity contribution >= 4 is 4.08 Å². The van der Waals surface area contributed by atoms with Gasteiger partial charge >= 0.3 is 78.0 Å². The van der Waals surface area contributed by atoms with Crippen molar-refractivity contribution in [2.24, 2.45) is 0 Å². The van der Waals surface area contributed by atoms with E-state index in [0.29, 0.717) is 0 Å². The summed E-state index contributed by atoms with van der Waals surface area (Å²) in [5.74, 6) is 6.09. The van der Waals surface area contributed by atoms with Gasteiger partial charge in [0, 0.05) is 0 Å². The minimum absolute atomic E-state index is 0.873. The van der Waals surface area contributed by atoms with E-state index in [1.54, 1.807) is 7.11 Å². The molecule has 0 spiro atoms. The molecule has 0 heterocycles. The first kappa shape index (κ1) is 8.91. The van der Waals surface area contributed by atoms with E-state index < -0.39 is 0 Å². The van der Waals surface area contributed by atoms with Crippen LogP contribution in [0.3, 0.4) is 0 Å². The molecule has 0 aromatic heterocycles. The van der Waals surface area contributed by atoms with Crippen LogP contribution in [0.4, 0.5) is 0 Å². The summed E-state index contributed by atoms with van der Waals surface area (Å²) in [5, 5.41) is 0. The van der Waals surface area contributed by atoms with Crippen molar-refractivity contribution in [3.63, 3.8) is 0 Å². The molecule has 0 radical (unpaired) electrons. The summed E-state index contributed by atoms with van der Waals surface area (Å²) in [6.45, 7) is 0. The van der Waals surface area contributed by atoms with E-state index in [2.05, 4.69) is 17.9 Å². The molecular weight excluding hydrogens is 308 g/mol. The number of rotatable bonds is 1. The van der Waals surface area contributed by atoms with Crippen molar-refractivity contribution in [1.29, 1.82) is 0 Å². The van der Waals surface area contributed by atoms with Crippen LogP contribution in [0.5, 0.6) is 0 Å². The Bertz CT molecular complexity index is 242. The summed E-state index contributed by atoms with van der Waals surface area (Å²) in [4.78, 5) is 0. The molecule has 0 atom stereocenters. The Morgan fingerprint density at radius 3 is 3.09 bits per heavy atom. The second-order valence-corrected chi connectivity index (χ2v) is 3.70. The second-order valence-electron chi connectivity index (χ2n) is 2.36. The molecule has 1 rings (SSSR count). The average molecular weight is 318 g/mol. The molecule has 0 amide bonds. The summed E-state index contributed by atoms with van der Waals surface area (Å²) in [6.07, 6.45) is 5.83. The van der Waals surface area contributed by atoms with E-state index in [1.807, 2.05) is 0 Å². The fourth-order valence-electron chi connectivity index (χ4n) is 0.967. The molecule has 0 bridgehead atoms. The third kappa shape index (κ3) is 3.14. The zero-order valence-electron chi connectivity index (χ0n) is 6.52. The van der Waals surface area contributed by atoms with Gasteiger partial charge in [-0.05, 0) is 0 Å². The van der Waals surface area contributed by atoms with Gasteiger partial charge in [0.1, 0.15) is 0 Å². The summed E-state index contributed by atoms with van der Waals surface area (Å²) < 4.78 is 5.84. The van der Waals surface area contributed by atoms with Crippen molar-refractivity contribution in [3.05, 3.63) is 11.6 Å². The van der Waals surface area contributed by atoms with E-state index in [-0.39, 0.29) is 0 Å². The van der Waals surface area contributed by atoms with Crippen LogP contribution in [-0.2, 0) is 24.1 Å². The van der Waals surface area contributed by atoms with Crippen LogP contribution >= 0.6 is 0 Å². The van der Waals surface area contributed by atoms with Crippen molar-refractivity contribution in [2.45, 2.75) is 19.3 Å². The number of allylic oxidation sites excluding steroid dienone is 2. The molecule has 0 saturated heterocycles. The molecule has 0 fully saturated rings. The molecule has 2 heteroatoms. The standard InChI is InChI=1S/C9H10O.W/c1-10-8-4-7-9-5-2-3-6-9;/h5H,2-3,6H2,1H3;. The SMILES string of the molecule is CO[C](=[W])C#CC1=CCCC1. The molecule has 0 aliphatic heterocycles. The van der Waals surface area contributed by atoms with Gasteiger partial charge in [-0.15, -0.1) is 0 Å². The van der Waals surface area contributed by atoms with Gasteiger partial charge < -0.3 is 0 Å². The fourth-order valence-corrected chi connectivity index (χ4v) is 1.15. The molecule has 0 aromatic rings. The van der Waals surface area contributed by atoms with Crippen LogP contribution in [0.25, 0.3) is 0 Å². The van der Waals surface area contributed by atoms with Gasteiger partial charge in [-0.25, -0.2) is 0 Å². The van der Waals surface area contributed by atoms with Crippen LogP contribution in [0, 0.1) is 11.8 Å². The molecule has 1 aliphatic carbocycles. The monoisotopic (exact) mass is 318 g/mol. The molecule has 58 valence electrons. The van der Waals surface area contributed by atoms with Crippen LogP contribution in [-0.4, -0.2) is 11.2 Å². The zero-order valence-corrected chi connectivity index (χ0v) is 9.45. The molecule has 0 N–H and O–H groups in total. The van der Waals surface area contributed by atoms with Crippen molar-refractivity contribution < 1.29 is 24.1 Å². The number of hydrogen-bond acceptors (Lipinski definition) is 1. The Kier molecular flexibility index (Phi) is 3.76. The summed E-state index contributed by atoms with van der Waals surface area (Å²) in [6, 6.07) is 0. The van der Waals surface area contributed by atoms with Crippen LogP contribution in [0.15, 0.2) is 11.6 Å². The summed E-state index contributed by atoms with van der Waals surface area (Å²) in [7, 11) is 1.67.